The van der Waals surface area contributed by atoms with Crippen molar-refractivity contribution >= 4 is 17.4 Å². The van der Waals surface area contributed by atoms with Gasteiger partial charge in [0.15, 0.2) is 5.78 Å². The van der Waals surface area contributed by atoms with Gasteiger partial charge in [-0.05, 0) is 35.4 Å². The average molecular weight is 343 g/mol. The number of rotatable bonds is 6. The Morgan fingerprint density at radius 3 is 1.92 bits per heavy atom. The summed E-state index contributed by atoms with van der Waals surface area (Å²) in [7, 11) is 0. The van der Waals surface area contributed by atoms with Crippen molar-refractivity contribution in [3.63, 3.8) is 0 Å². The molecule has 0 atom stereocenters. The van der Waals surface area contributed by atoms with Gasteiger partial charge in [-0.3, -0.25) is 4.79 Å². The van der Waals surface area contributed by atoms with Gasteiger partial charge in [-0.1, -0.05) is 54.6 Å². The van der Waals surface area contributed by atoms with Gasteiger partial charge < -0.3 is 10.4 Å². The number of carboxylic acid groups (broad SMARTS) is 1. The average Bonchev–Trinajstić information content (AvgIpc) is 2.69. The molecule has 0 aliphatic carbocycles. The zero-order chi connectivity index (χ0) is 18.4. The van der Waals surface area contributed by atoms with Crippen LogP contribution in [-0.4, -0.2) is 16.9 Å². The standard InChI is InChI=1S/C22H17NO3/c24-21(14-15-23-20-12-10-19(11-13-20)22(25)26)18-8-6-17(7-9-18)16-4-2-1-3-5-16/h1-15,23H,(H,25,26)/b15-14+. The SMILES string of the molecule is O=C(O)c1ccc(N/C=C/C(=O)c2ccc(-c3ccccc3)cc2)cc1. The third kappa shape index (κ3) is 4.24. The fourth-order valence-electron chi connectivity index (χ4n) is 2.48. The number of nitrogens with one attached hydrogen (secondary N) is 1. The van der Waals surface area contributed by atoms with E-state index in [9.17, 15) is 9.59 Å². The van der Waals surface area contributed by atoms with Gasteiger partial charge in [0.2, 0.25) is 0 Å². The molecule has 3 rings (SSSR count). The van der Waals surface area contributed by atoms with E-state index in [1.54, 1.807) is 30.5 Å². The summed E-state index contributed by atoms with van der Waals surface area (Å²) in [5.74, 6) is -1.08. The van der Waals surface area contributed by atoms with Crippen LogP contribution in [0.25, 0.3) is 11.1 Å². The van der Waals surface area contributed by atoms with Crippen LogP contribution in [0.1, 0.15) is 20.7 Å². The fraction of sp³-hybridized carbons (Fsp3) is 0. The number of carbonyl (C=O) groups is 2. The number of anilines is 1. The lowest BCUT2D eigenvalue weighted by molar-refractivity contribution is 0.0696. The van der Waals surface area contributed by atoms with Crippen molar-refractivity contribution < 1.29 is 14.7 Å². The zero-order valence-corrected chi connectivity index (χ0v) is 13.9. The fourth-order valence-corrected chi connectivity index (χ4v) is 2.48. The molecule has 0 aliphatic rings. The molecule has 3 aromatic carbocycles. The number of allylic oxidation sites excluding steroid dienone is 1. The molecular weight excluding hydrogens is 326 g/mol. The highest BCUT2D eigenvalue weighted by molar-refractivity contribution is 6.04. The highest BCUT2D eigenvalue weighted by atomic mass is 16.4. The van der Waals surface area contributed by atoms with Crippen LogP contribution >= 0.6 is 0 Å². The normalized spacial score (nSPS) is 10.6. The molecule has 0 saturated heterocycles. The van der Waals surface area contributed by atoms with Crippen molar-refractivity contribution in [3.05, 3.63) is 102 Å². The molecule has 0 radical (unpaired) electrons. The second-order valence-electron chi connectivity index (χ2n) is 5.67. The van der Waals surface area contributed by atoms with Crippen LogP contribution in [0.3, 0.4) is 0 Å². The van der Waals surface area contributed by atoms with E-state index in [4.69, 9.17) is 5.11 Å². The van der Waals surface area contributed by atoms with Gasteiger partial charge in [-0.15, -0.1) is 0 Å². The van der Waals surface area contributed by atoms with Gasteiger partial charge in [0, 0.05) is 23.5 Å². The second kappa shape index (κ2) is 7.94. The predicted octanol–water partition coefficient (Wildman–Crippen LogP) is 4.86. The Hall–Kier alpha value is -3.66. The number of hydrogen-bond donors (Lipinski definition) is 2. The molecule has 0 amide bonds. The van der Waals surface area contributed by atoms with Crippen LogP contribution in [0.4, 0.5) is 5.69 Å². The lowest BCUT2D eigenvalue weighted by Crippen LogP contribution is -1.98. The maximum absolute atomic E-state index is 12.2. The van der Waals surface area contributed by atoms with Crippen molar-refractivity contribution in [1.29, 1.82) is 0 Å². The molecule has 0 aliphatic heterocycles. The minimum Gasteiger partial charge on any atom is -0.478 e. The number of aromatic carboxylic acids is 1. The van der Waals surface area contributed by atoms with Crippen molar-refractivity contribution in [3.8, 4) is 11.1 Å². The van der Waals surface area contributed by atoms with E-state index in [0.29, 0.717) is 11.3 Å². The number of benzene rings is 3. The maximum Gasteiger partial charge on any atom is 0.335 e. The molecule has 4 nitrogen and oxygen atoms in total. The number of carboxylic acids is 1. The quantitative estimate of drug-likeness (QED) is 0.495. The molecule has 4 heteroatoms. The summed E-state index contributed by atoms with van der Waals surface area (Å²) in [5, 5.41) is 11.8. The predicted molar refractivity (Wildman–Crippen MR) is 102 cm³/mol. The molecule has 3 aromatic rings. The first-order valence-corrected chi connectivity index (χ1v) is 8.10. The third-order valence-electron chi connectivity index (χ3n) is 3.89. The molecule has 0 unspecified atom stereocenters. The first kappa shape index (κ1) is 17.2. The number of carbonyl (C=O) groups excluding carboxylic acids is 1. The summed E-state index contributed by atoms with van der Waals surface area (Å²) in [6.45, 7) is 0. The Balaban J connectivity index is 1.62. The summed E-state index contributed by atoms with van der Waals surface area (Å²) in [6, 6.07) is 23.7. The van der Waals surface area contributed by atoms with Gasteiger partial charge >= 0.3 is 5.97 Å². The molecule has 2 N–H and O–H groups in total. The van der Waals surface area contributed by atoms with Crippen LogP contribution in [0.5, 0.6) is 0 Å². The van der Waals surface area contributed by atoms with E-state index < -0.39 is 5.97 Å². The molecule has 0 fully saturated rings. The van der Waals surface area contributed by atoms with Gasteiger partial charge in [0.25, 0.3) is 0 Å². The van der Waals surface area contributed by atoms with Crippen molar-refractivity contribution in [1.82, 2.24) is 0 Å². The number of ketones is 1. The van der Waals surface area contributed by atoms with E-state index >= 15 is 0 Å². The Kier molecular flexibility index (Phi) is 5.25. The lowest BCUT2D eigenvalue weighted by atomic mass is 10.0. The summed E-state index contributed by atoms with van der Waals surface area (Å²) in [5.41, 5.74) is 3.69. The third-order valence-corrected chi connectivity index (χ3v) is 3.89. The Morgan fingerprint density at radius 2 is 1.31 bits per heavy atom. The summed E-state index contributed by atoms with van der Waals surface area (Å²) in [6.07, 6.45) is 2.99. The Labute approximate surface area is 151 Å². The van der Waals surface area contributed by atoms with Gasteiger partial charge in [-0.2, -0.15) is 0 Å². The molecule has 0 saturated carbocycles. The molecule has 128 valence electrons. The number of hydrogen-bond acceptors (Lipinski definition) is 3. The molecule has 0 aromatic heterocycles. The van der Waals surface area contributed by atoms with Crippen LogP contribution in [0, 0.1) is 0 Å². The van der Waals surface area contributed by atoms with Gasteiger partial charge in [0.1, 0.15) is 0 Å². The largest absolute Gasteiger partial charge is 0.478 e. The van der Waals surface area contributed by atoms with E-state index in [1.165, 1.54) is 18.2 Å². The molecule has 0 bridgehead atoms. The smallest absolute Gasteiger partial charge is 0.335 e. The van der Waals surface area contributed by atoms with E-state index in [2.05, 4.69) is 5.32 Å². The van der Waals surface area contributed by atoms with E-state index in [1.807, 2.05) is 42.5 Å². The molecule has 0 heterocycles. The summed E-state index contributed by atoms with van der Waals surface area (Å²) in [4.78, 5) is 23.0. The monoisotopic (exact) mass is 343 g/mol. The Bertz CT molecular complexity index is 927. The lowest BCUT2D eigenvalue weighted by Gasteiger charge is -2.03. The zero-order valence-electron chi connectivity index (χ0n) is 13.9. The minimum atomic E-state index is -0.971. The molecular formula is C22H17NO3. The van der Waals surface area contributed by atoms with Crippen molar-refractivity contribution in [2.75, 3.05) is 5.32 Å². The van der Waals surface area contributed by atoms with Crippen LogP contribution in [-0.2, 0) is 0 Å². The first-order chi connectivity index (χ1) is 12.6. The second-order valence-corrected chi connectivity index (χ2v) is 5.67. The highest BCUT2D eigenvalue weighted by Crippen LogP contribution is 2.19. The van der Waals surface area contributed by atoms with Crippen molar-refractivity contribution in [2.24, 2.45) is 0 Å². The van der Waals surface area contributed by atoms with Gasteiger partial charge in [-0.25, -0.2) is 4.79 Å². The Morgan fingerprint density at radius 1 is 0.731 bits per heavy atom. The minimum absolute atomic E-state index is 0.112. The first-order valence-electron chi connectivity index (χ1n) is 8.10. The van der Waals surface area contributed by atoms with Gasteiger partial charge in [0.05, 0.1) is 5.56 Å². The van der Waals surface area contributed by atoms with Crippen LogP contribution in [0.2, 0.25) is 0 Å². The van der Waals surface area contributed by atoms with Crippen LogP contribution < -0.4 is 5.32 Å². The summed E-state index contributed by atoms with van der Waals surface area (Å²) >= 11 is 0. The van der Waals surface area contributed by atoms with Crippen LogP contribution in [0.15, 0.2) is 91.1 Å². The molecule has 0 spiro atoms. The van der Waals surface area contributed by atoms with Crippen molar-refractivity contribution in [2.45, 2.75) is 0 Å². The topological polar surface area (TPSA) is 66.4 Å². The maximum atomic E-state index is 12.2. The highest BCUT2D eigenvalue weighted by Gasteiger charge is 2.03. The summed E-state index contributed by atoms with van der Waals surface area (Å²) < 4.78 is 0. The van der Waals surface area contributed by atoms with E-state index in [-0.39, 0.29) is 11.3 Å². The van der Waals surface area contributed by atoms with E-state index in [0.717, 1.165) is 11.1 Å². The molecule has 26 heavy (non-hydrogen) atoms.